The number of benzene rings is 1. The Labute approximate surface area is 102 Å². The van der Waals surface area contributed by atoms with Crippen LogP contribution in [0.25, 0.3) is 16.5 Å². The Kier molecular flexibility index (Phi) is 2.34. The minimum Gasteiger partial charge on any atom is -0.399 e. The van der Waals surface area contributed by atoms with Gasteiger partial charge in [-0.2, -0.15) is 4.37 Å². The summed E-state index contributed by atoms with van der Waals surface area (Å²) in [5.74, 6) is 0.814. The van der Waals surface area contributed by atoms with E-state index in [1.165, 1.54) is 17.9 Å². The van der Waals surface area contributed by atoms with Crippen molar-refractivity contribution in [2.45, 2.75) is 0 Å². The molecule has 0 aliphatic rings. The van der Waals surface area contributed by atoms with E-state index in [4.69, 9.17) is 5.73 Å². The van der Waals surface area contributed by atoms with Gasteiger partial charge in [0.2, 0.25) is 5.13 Å². The fourth-order valence-corrected chi connectivity index (χ4v) is 2.14. The van der Waals surface area contributed by atoms with Crippen molar-refractivity contribution in [1.82, 2.24) is 18.9 Å². The minimum absolute atomic E-state index is 0.717. The Morgan fingerprint density at radius 3 is 2.94 bits per heavy atom. The van der Waals surface area contributed by atoms with Crippen molar-refractivity contribution in [2.24, 2.45) is 0 Å². The van der Waals surface area contributed by atoms with Gasteiger partial charge in [0, 0.05) is 35.2 Å². The molecule has 0 fully saturated rings. The van der Waals surface area contributed by atoms with Crippen LogP contribution in [0.4, 0.5) is 5.69 Å². The zero-order valence-electron chi connectivity index (χ0n) is 8.82. The molecule has 0 unspecified atom stereocenters. The number of hydrogen-bond acceptors (Lipinski definition) is 5. The average molecular weight is 243 g/mol. The molecule has 0 aliphatic heterocycles. The van der Waals surface area contributed by atoms with Crippen LogP contribution in [0.3, 0.4) is 0 Å². The van der Waals surface area contributed by atoms with Crippen LogP contribution >= 0.6 is 11.5 Å². The lowest BCUT2D eigenvalue weighted by Crippen LogP contribution is -1.96. The highest BCUT2D eigenvalue weighted by molar-refractivity contribution is 7.07. The Balaban J connectivity index is 2.14. The lowest BCUT2D eigenvalue weighted by molar-refractivity contribution is 1.04. The average Bonchev–Trinajstić information content (AvgIpc) is 3.00. The monoisotopic (exact) mass is 243 g/mol. The fraction of sp³-hybridized carbons (Fsp3) is 0. The predicted octanol–water partition coefficient (Wildman–Crippen LogP) is 1.97. The van der Waals surface area contributed by atoms with E-state index in [0.29, 0.717) is 5.69 Å². The Morgan fingerprint density at radius 1 is 1.24 bits per heavy atom. The maximum atomic E-state index is 5.77. The molecule has 0 saturated carbocycles. The van der Waals surface area contributed by atoms with Gasteiger partial charge in [0.15, 0.2) is 0 Å². The van der Waals surface area contributed by atoms with Crippen LogP contribution in [0.15, 0.2) is 43.0 Å². The molecular weight excluding hydrogens is 234 g/mol. The molecule has 2 N–H and O–H groups in total. The van der Waals surface area contributed by atoms with Crippen LogP contribution in [0.5, 0.6) is 0 Å². The largest absolute Gasteiger partial charge is 0.399 e. The van der Waals surface area contributed by atoms with Crippen LogP contribution in [0.1, 0.15) is 0 Å². The normalized spacial score (nSPS) is 10.6. The first-order chi connectivity index (χ1) is 8.34. The van der Waals surface area contributed by atoms with E-state index >= 15 is 0 Å². The summed E-state index contributed by atoms with van der Waals surface area (Å²) in [6.45, 7) is 0. The second-order valence-corrected chi connectivity index (χ2v) is 4.23. The van der Waals surface area contributed by atoms with Gasteiger partial charge in [0.1, 0.15) is 12.2 Å². The van der Waals surface area contributed by atoms with Gasteiger partial charge >= 0.3 is 0 Å². The topological polar surface area (TPSA) is 69.6 Å². The number of imidazole rings is 1. The minimum atomic E-state index is 0.717. The van der Waals surface area contributed by atoms with Crippen molar-refractivity contribution in [3.05, 3.63) is 43.0 Å². The van der Waals surface area contributed by atoms with Gasteiger partial charge in [-0.25, -0.2) is 9.97 Å². The summed E-state index contributed by atoms with van der Waals surface area (Å²) in [5, 5.41) is 0.792. The molecule has 3 aromatic rings. The highest BCUT2D eigenvalue weighted by Crippen LogP contribution is 2.23. The third-order valence-corrected chi connectivity index (χ3v) is 3.01. The summed E-state index contributed by atoms with van der Waals surface area (Å²) >= 11 is 1.32. The van der Waals surface area contributed by atoms with Gasteiger partial charge in [-0.1, -0.05) is 12.1 Å². The van der Waals surface area contributed by atoms with Gasteiger partial charge in [-0.15, -0.1) is 0 Å². The molecule has 0 amide bonds. The summed E-state index contributed by atoms with van der Waals surface area (Å²) in [6.07, 6.45) is 5.13. The van der Waals surface area contributed by atoms with Gasteiger partial charge in [-0.3, -0.25) is 4.57 Å². The summed E-state index contributed by atoms with van der Waals surface area (Å²) < 4.78 is 5.88. The van der Waals surface area contributed by atoms with Crippen molar-refractivity contribution in [1.29, 1.82) is 0 Å². The third-order valence-electron chi connectivity index (χ3n) is 2.34. The number of hydrogen-bond donors (Lipinski definition) is 1. The second-order valence-electron chi connectivity index (χ2n) is 3.47. The maximum Gasteiger partial charge on any atom is 0.214 e. The van der Waals surface area contributed by atoms with Crippen molar-refractivity contribution in [3.8, 4) is 16.5 Å². The smallest absolute Gasteiger partial charge is 0.214 e. The van der Waals surface area contributed by atoms with Crippen molar-refractivity contribution in [3.63, 3.8) is 0 Å². The summed E-state index contributed by atoms with van der Waals surface area (Å²) in [6, 6.07) is 7.61. The van der Waals surface area contributed by atoms with Gasteiger partial charge in [0.25, 0.3) is 0 Å². The number of nitrogens with two attached hydrogens (primary N) is 1. The number of nitrogens with zero attached hydrogens (tertiary/aromatic N) is 4. The molecule has 0 aliphatic carbocycles. The first-order valence-electron chi connectivity index (χ1n) is 5.01. The molecular formula is C11H9N5S. The second kappa shape index (κ2) is 3.99. The quantitative estimate of drug-likeness (QED) is 0.699. The molecule has 0 radical (unpaired) electrons. The van der Waals surface area contributed by atoms with Crippen molar-refractivity contribution < 1.29 is 0 Å². The highest BCUT2D eigenvalue weighted by Gasteiger charge is 2.09. The number of rotatable bonds is 2. The van der Waals surface area contributed by atoms with Crippen LogP contribution < -0.4 is 5.73 Å². The molecule has 5 nitrogen and oxygen atoms in total. The Bertz CT molecular complexity index is 629. The van der Waals surface area contributed by atoms with E-state index in [0.717, 1.165) is 16.5 Å². The molecule has 0 spiro atoms. The van der Waals surface area contributed by atoms with Crippen LogP contribution in [0.2, 0.25) is 0 Å². The van der Waals surface area contributed by atoms with E-state index in [-0.39, 0.29) is 0 Å². The van der Waals surface area contributed by atoms with E-state index < -0.39 is 0 Å². The first kappa shape index (κ1) is 9.98. The van der Waals surface area contributed by atoms with E-state index in [9.17, 15) is 0 Å². The molecule has 6 heteroatoms. The molecule has 2 aromatic heterocycles. The van der Waals surface area contributed by atoms with Gasteiger partial charge < -0.3 is 5.73 Å². The molecule has 17 heavy (non-hydrogen) atoms. The lowest BCUT2D eigenvalue weighted by atomic mass is 10.2. The molecule has 84 valence electrons. The van der Waals surface area contributed by atoms with Crippen LogP contribution in [0, 0.1) is 0 Å². The SMILES string of the molecule is Nc1cccc(-c2nccn2-c2ncns2)c1. The van der Waals surface area contributed by atoms with Crippen molar-refractivity contribution in [2.75, 3.05) is 5.73 Å². The lowest BCUT2D eigenvalue weighted by Gasteiger charge is -2.04. The summed E-state index contributed by atoms with van der Waals surface area (Å²) in [5.41, 5.74) is 7.45. The summed E-state index contributed by atoms with van der Waals surface area (Å²) in [4.78, 5) is 8.50. The van der Waals surface area contributed by atoms with Crippen LogP contribution in [-0.4, -0.2) is 18.9 Å². The maximum absolute atomic E-state index is 5.77. The first-order valence-corrected chi connectivity index (χ1v) is 5.78. The molecule has 3 rings (SSSR count). The van der Waals surface area contributed by atoms with E-state index in [1.807, 2.05) is 35.0 Å². The zero-order valence-corrected chi connectivity index (χ0v) is 9.63. The fourth-order valence-electron chi connectivity index (χ4n) is 1.62. The predicted molar refractivity (Wildman–Crippen MR) is 66.9 cm³/mol. The Morgan fingerprint density at radius 2 is 2.18 bits per heavy atom. The van der Waals surface area contributed by atoms with E-state index in [1.54, 1.807) is 6.20 Å². The number of anilines is 1. The highest BCUT2D eigenvalue weighted by atomic mass is 32.1. The molecule has 0 saturated heterocycles. The molecule has 0 atom stereocenters. The molecule has 1 aromatic carbocycles. The molecule has 0 bridgehead atoms. The van der Waals surface area contributed by atoms with Crippen LogP contribution in [-0.2, 0) is 0 Å². The zero-order chi connectivity index (χ0) is 11.7. The number of nitrogen functional groups attached to an aromatic ring is 1. The molecule has 2 heterocycles. The third kappa shape index (κ3) is 1.78. The van der Waals surface area contributed by atoms with Crippen molar-refractivity contribution >= 4 is 17.2 Å². The van der Waals surface area contributed by atoms with Gasteiger partial charge in [0.05, 0.1) is 0 Å². The van der Waals surface area contributed by atoms with Gasteiger partial charge in [-0.05, 0) is 12.1 Å². The summed E-state index contributed by atoms with van der Waals surface area (Å²) in [7, 11) is 0. The standard InChI is InChI=1S/C11H9N5S/c12-9-3-1-2-8(6-9)10-13-4-5-16(10)11-14-7-15-17-11/h1-7H,12H2. The number of aromatic nitrogens is 4. The Hall–Kier alpha value is -2.21. The van der Waals surface area contributed by atoms with E-state index in [2.05, 4.69) is 14.3 Å².